The van der Waals surface area contributed by atoms with Gasteiger partial charge in [-0.3, -0.25) is 0 Å². The van der Waals surface area contributed by atoms with Crippen LogP contribution in [0.25, 0.3) is 0 Å². The third kappa shape index (κ3) is 4.74. The molecule has 0 atom stereocenters. The molecule has 0 amide bonds. The molecular weight excluding hydrogens is 213 g/mol. The number of hydrogen-bond acceptors (Lipinski definition) is 4. The summed E-state index contributed by atoms with van der Waals surface area (Å²) in [5.74, 6) is -0.567. The molecule has 4 nitrogen and oxygen atoms in total. The van der Waals surface area contributed by atoms with Crippen molar-refractivity contribution in [3.8, 4) is 6.07 Å². The van der Waals surface area contributed by atoms with Gasteiger partial charge in [0.25, 0.3) is 0 Å². The molecule has 0 heterocycles. The van der Waals surface area contributed by atoms with E-state index in [1.54, 1.807) is 12.1 Å². The summed E-state index contributed by atoms with van der Waals surface area (Å²) in [6.07, 6.45) is 0. The molecule has 0 unspecified atom stereocenters. The minimum absolute atomic E-state index is 0. The molecule has 1 aromatic rings. The molecule has 0 radical (unpaired) electrons. The molecule has 0 aliphatic rings. The van der Waals surface area contributed by atoms with Gasteiger partial charge in [0.2, 0.25) is 0 Å². The Bertz CT molecular complexity index is 450. The van der Waals surface area contributed by atoms with Crippen LogP contribution >= 0.6 is 0 Å². The number of nitriles is 1. The van der Waals surface area contributed by atoms with Crippen molar-refractivity contribution < 1.29 is 42.5 Å². The number of hydrogen-bond donors (Lipinski definition) is 0. The van der Waals surface area contributed by atoms with Crippen LogP contribution < -0.4 is 29.6 Å². The van der Waals surface area contributed by atoms with Crippen LogP contribution in [0.4, 0.5) is 0 Å². The molecule has 1 aromatic carbocycles. The predicted molar refractivity (Wildman–Crippen MR) is 44.6 cm³/mol. The molecule has 1 rings (SSSR count). The van der Waals surface area contributed by atoms with Crippen LogP contribution in [0.15, 0.2) is 24.3 Å². The van der Waals surface area contributed by atoms with E-state index in [-0.39, 0.29) is 29.6 Å². The molecule has 0 N–H and O–H groups in total. The summed E-state index contributed by atoms with van der Waals surface area (Å²) >= 11 is 0. The first-order valence-corrected chi connectivity index (χ1v) is 5.01. The van der Waals surface area contributed by atoms with Crippen LogP contribution in [0.5, 0.6) is 0 Å². The molecule has 0 saturated carbocycles. The summed E-state index contributed by atoms with van der Waals surface area (Å²) < 4.78 is 31.1. The van der Waals surface area contributed by atoms with Crippen molar-refractivity contribution >= 4 is 10.1 Å². The van der Waals surface area contributed by atoms with Gasteiger partial charge in [0.1, 0.15) is 0 Å². The minimum atomic E-state index is -4.26. The maximum absolute atomic E-state index is 10.4. The summed E-state index contributed by atoms with van der Waals surface area (Å²) in [5, 5.41) is 8.48. The topological polar surface area (TPSA) is 81.0 Å². The third-order valence-corrected chi connectivity index (χ3v) is 2.09. The Morgan fingerprint density at radius 3 is 2.57 bits per heavy atom. The SMILES string of the molecule is N#Cc1cccc(CS(=O)(=O)[O-])c1.[Na+]. The monoisotopic (exact) mass is 219 g/mol. The molecule has 0 spiro atoms. The van der Waals surface area contributed by atoms with Crippen molar-refractivity contribution in [1.82, 2.24) is 0 Å². The van der Waals surface area contributed by atoms with E-state index in [4.69, 9.17) is 5.26 Å². The zero-order valence-corrected chi connectivity index (χ0v) is 10.4. The van der Waals surface area contributed by atoms with E-state index in [0.29, 0.717) is 11.1 Å². The fourth-order valence-corrected chi connectivity index (χ4v) is 1.52. The van der Waals surface area contributed by atoms with Gasteiger partial charge in [-0.1, -0.05) is 12.1 Å². The molecule has 14 heavy (non-hydrogen) atoms. The Hall–Kier alpha value is -0.380. The third-order valence-electron chi connectivity index (χ3n) is 1.40. The van der Waals surface area contributed by atoms with Crippen LogP contribution in [0.3, 0.4) is 0 Å². The summed E-state index contributed by atoms with van der Waals surface area (Å²) in [4.78, 5) is 0. The zero-order valence-electron chi connectivity index (χ0n) is 7.60. The molecule has 0 fully saturated rings. The Labute approximate surface area is 105 Å². The van der Waals surface area contributed by atoms with E-state index in [1.165, 1.54) is 12.1 Å². The molecular formula is C8H6NNaO3S. The number of nitrogens with zero attached hydrogens (tertiary/aromatic N) is 1. The Morgan fingerprint density at radius 1 is 1.43 bits per heavy atom. The van der Waals surface area contributed by atoms with E-state index in [2.05, 4.69) is 0 Å². The van der Waals surface area contributed by atoms with Crippen LogP contribution in [0.2, 0.25) is 0 Å². The van der Waals surface area contributed by atoms with E-state index in [1.807, 2.05) is 6.07 Å². The standard InChI is InChI=1S/C8H7NO3S.Na/c9-5-7-2-1-3-8(4-7)6-13(10,11)12;/h1-4H,6H2,(H,10,11,12);/q;+1/p-1. The summed E-state index contributed by atoms with van der Waals surface area (Å²) in [6.45, 7) is 0. The number of rotatable bonds is 2. The summed E-state index contributed by atoms with van der Waals surface area (Å²) in [7, 11) is -4.26. The van der Waals surface area contributed by atoms with Gasteiger partial charge in [0.15, 0.2) is 0 Å². The molecule has 68 valence electrons. The van der Waals surface area contributed by atoms with Crippen molar-refractivity contribution in [3.63, 3.8) is 0 Å². The second kappa shape index (κ2) is 5.49. The van der Waals surface area contributed by atoms with E-state index in [0.717, 1.165) is 0 Å². The van der Waals surface area contributed by atoms with Gasteiger partial charge < -0.3 is 4.55 Å². The fraction of sp³-hybridized carbons (Fsp3) is 0.125. The fourth-order valence-electron chi connectivity index (χ4n) is 0.935. The minimum Gasteiger partial charge on any atom is -0.748 e. The summed E-state index contributed by atoms with van der Waals surface area (Å²) in [5.41, 5.74) is 0.690. The van der Waals surface area contributed by atoms with Crippen LogP contribution in [-0.4, -0.2) is 13.0 Å². The van der Waals surface area contributed by atoms with Crippen LogP contribution in [-0.2, 0) is 15.9 Å². The zero-order chi connectivity index (χ0) is 9.90. The quantitative estimate of drug-likeness (QED) is 0.410. The molecule has 6 heteroatoms. The van der Waals surface area contributed by atoms with Crippen molar-refractivity contribution in [3.05, 3.63) is 35.4 Å². The van der Waals surface area contributed by atoms with Crippen molar-refractivity contribution in [1.29, 1.82) is 5.26 Å². The Balaban J connectivity index is 0.00000169. The second-order valence-corrected chi connectivity index (χ2v) is 3.92. The predicted octanol–water partition coefficient (Wildman–Crippen LogP) is -2.39. The Kier molecular flexibility index (Phi) is 5.34. The van der Waals surface area contributed by atoms with Crippen LogP contribution in [0.1, 0.15) is 11.1 Å². The van der Waals surface area contributed by atoms with Crippen LogP contribution in [0, 0.1) is 11.3 Å². The van der Waals surface area contributed by atoms with Gasteiger partial charge in [-0.05, 0) is 17.7 Å². The maximum Gasteiger partial charge on any atom is 1.00 e. The van der Waals surface area contributed by atoms with E-state index in [9.17, 15) is 13.0 Å². The van der Waals surface area contributed by atoms with Crippen molar-refractivity contribution in [2.75, 3.05) is 0 Å². The summed E-state index contributed by atoms with van der Waals surface area (Å²) in [6, 6.07) is 7.82. The molecule has 0 aromatic heterocycles. The molecule has 0 aliphatic carbocycles. The number of benzene rings is 1. The first-order chi connectivity index (χ1) is 6.01. The second-order valence-electron chi connectivity index (χ2n) is 2.51. The first kappa shape index (κ1) is 13.6. The molecule has 0 aliphatic heterocycles. The average Bonchev–Trinajstić information content (AvgIpc) is 2.01. The molecule has 0 saturated heterocycles. The van der Waals surface area contributed by atoms with E-state index < -0.39 is 15.9 Å². The van der Waals surface area contributed by atoms with Gasteiger partial charge in [0, 0.05) is 0 Å². The van der Waals surface area contributed by atoms with Crippen molar-refractivity contribution in [2.24, 2.45) is 0 Å². The van der Waals surface area contributed by atoms with Gasteiger partial charge in [-0.2, -0.15) is 5.26 Å². The Morgan fingerprint density at radius 2 is 2.07 bits per heavy atom. The maximum atomic E-state index is 10.4. The van der Waals surface area contributed by atoms with Crippen molar-refractivity contribution in [2.45, 2.75) is 5.75 Å². The van der Waals surface area contributed by atoms with Gasteiger partial charge in [-0.25, -0.2) is 8.42 Å². The smallest absolute Gasteiger partial charge is 0.748 e. The molecule has 0 bridgehead atoms. The largest absolute Gasteiger partial charge is 1.00 e. The average molecular weight is 219 g/mol. The normalized spacial score (nSPS) is 10.0. The van der Waals surface area contributed by atoms with Gasteiger partial charge >= 0.3 is 29.6 Å². The van der Waals surface area contributed by atoms with Gasteiger partial charge in [-0.15, -0.1) is 0 Å². The van der Waals surface area contributed by atoms with Gasteiger partial charge in [0.05, 0.1) is 27.5 Å². The van der Waals surface area contributed by atoms with E-state index >= 15 is 0 Å². The first-order valence-electron chi connectivity index (χ1n) is 3.44.